The number of cyclic esters (lactones) is 2. The van der Waals surface area contributed by atoms with Gasteiger partial charge < -0.3 is 9.47 Å². The number of carbonyl (C=O) groups excluding carboxylic acids is 2. The van der Waals surface area contributed by atoms with Crippen LogP contribution >= 0.6 is 0 Å². The van der Waals surface area contributed by atoms with Crippen molar-refractivity contribution < 1.29 is 19.1 Å². The first kappa shape index (κ1) is 7.40. The molecule has 2 saturated heterocycles. The Morgan fingerprint density at radius 2 is 1.43 bits per heavy atom. The van der Waals surface area contributed by atoms with Gasteiger partial charge in [0.25, 0.3) is 0 Å². The van der Waals surface area contributed by atoms with E-state index in [4.69, 9.17) is 9.47 Å². The summed E-state index contributed by atoms with van der Waals surface area (Å²) in [6, 6.07) is 0. The summed E-state index contributed by atoms with van der Waals surface area (Å²) in [5.74, 6) is -0.440. The Labute approximate surface area is 80.6 Å². The molecule has 2 heterocycles. The van der Waals surface area contributed by atoms with E-state index in [1.54, 1.807) is 0 Å². The van der Waals surface area contributed by atoms with Gasteiger partial charge in [0.2, 0.25) is 0 Å². The molecule has 5 fully saturated rings. The van der Waals surface area contributed by atoms with Gasteiger partial charge >= 0.3 is 11.9 Å². The molecular weight excluding hydrogens is 184 g/mol. The van der Waals surface area contributed by atoms with E-state index >= 15 is 0 Å². The van der Waals surface area contributed by atoms with E-state index < -0.39 is 0 Å². The Morgan fingerprint density at radius 1 is 0.929 bits per heavy atom. The van der Waals surface area contributed by atoms with Gasteiger partial charge in [-0.3, -0.25) is 9.59 Å². The summed E-state index contributed by atoms with van der Waals surface area (Å²) in [5.41, 5.74) is 0. The molecule has 3 saturated carbocycles. The van der Waals surface area contributed by atoms with Crippen molar-refractivity contribution in [3.63, 3.8) is 0 Å². The Hall–Kier alpha value is -0.900. The van der Waals surface area contributed by atoms with E-state index in [1.807, 2.05) is 0 Å². The van der Waals surface area contributed by atoms with Gasteiger partial charge in [0.15, 0.2) is 0 Å². The van der Waals surface area contributed by atoms with Gasteiger partial charge in [0.1, 0.15) is 0 Å². The smallest absolute Gasteiger partial charge is 0.317 e. The number of carbonyl (C=O) groups is 2. The van der Waals surface area contributed by atoms with Crippen LogP contribution in [0, 0.1) is 23.7 Å². The number of fused-ring (bicyclic) bond motifs is 1. The van der Waals surface area contributed by atoms with Crippen molar-refractivity contribution in [3.8, 4) is 0 Å². The first-order chi connectivity index (χ1) is 6.77. The van der Waals surface area contributed by atoms with Crippen LogP contribution in [0.5, 0.6) is 0 Å². The summed E-state index contributed by atoms with van der Waals surface area (Å²) < 4.78 is 10.3. The zero-order valence-electron chi connectivity index (χ0n) is 7.51. The largest absolute Gasteiger partial charge is 0.393 e. The molecule has 4 heteroatoms. The second-order valence-corrected chi connectivity index (χ2v) is 4.76. The van der Waals surface area contributed by atoms with Crippen LogP contribution in [0.15, 0.2) is 0 Å². The molecule has 14 heavy (non-hydrogen) atoms. The van der Waals surface area contributed by atoms with Gasteiger partial charge in [-0.25, -0.2) is 0 Å². The molecule has 3 aliphatic carbocycles. The van der Waals surface area contributed by atoms with Crippen LogP contribution in [-0.4, -0.2) is 24.1 Å². The van der Waals surface area contributed by atoms with Crippen LogP contribution in [0.4, 0.5) is 0 Å². The molecule has 0 amide bonds. The molecule has 0 radical (unpaired) electrons. The summed E-state index contributed by atoms with van der Waals surface area (Å²) in [5, 5.41) is 0. The lowest BCUT2D eigenvalue weighted by Crippen LogP contribution is -2.46. The third kappa shape index (κ3) is 0.639. The predicted octanol–water partition coefficient (Wildman–Crippen LogP) is 0.109. The maximum absolute atomic E-state index is 11.5. The highest BCUT2D eigenvalue weighted by molar-refractivity contribution is 5.97. The number of hydrogen-bond donors (Lipinski definition) is 0. The molecule has 0 N–H and O–H groups in total. The number of esters is 2. The van der Waals surface area contributed by atoms with Gasteiger partial charge in [-0.05, 0) is 12.8 Å². The molecule has 2 bridgehead atoms. The third-order valence-electron chi connectivity index (χ3n) is 4.29. The Kier molecular flexibility index (Phi) is 1.07. The molecule has 0 spiro atoms. The lowest BCUT2D eigenvalue weighted by molar-refractivity contribution is -0.154. The monoisotopic (exact) mass is 194 g/mol. The van der Waals surface area contributed by atoms with Crippen LogP contribution in [0.25, 0.3) is 0 Å². The zero-order chi connectivity index (χ0) is 9.45. The van der Waals surface area contributed by atoms with E-state index in [2.05, 4.69) is 0 Å². The maximum Gasteiger partial charge on any atom is 0.317 e. The van der Waals surface area contributed by atoms with E-state index in [0.717, 1.165) is 12.8 Å². The van der Waals surface area contributed by atoms with Gasteiger partial charge in [0.05, 0.1) is 24.0 Å². The van der Waals surface area contributed by atoms with Crippen molar-refractivity contribution in [2.24, 2.45) is 23.7 Å². The minimum Gasteiger partial charge on any atom is -0.393 e. The lowest BCUT2D eigenvalue weighted by atomic mass is 9.59. The molecule has 6 atom stereocenters. The molecule has 5 aliphatic rings. The zero-order valence-corrected chi connectivity index (χ0v) is 7.51. The highest BCUT2D eigenvalue weighted by Gasteiger charge is 2.69. The summed E-state index contributed by atoms with van der Waals surface area (Å²) in [6.45, 7) is 0. The SMILES string of the molecule is O=C1OC(=O)[C@@H]2[C@H]3CC[C@H]([C@H]4O[C@H]34)[C@@H]12. The Morgan fingerprint density at radius 3 is 1.93 bits per heavy atom. The molecule has 5 rings (SSSR count). The number of epoxide rings is 1. The average molecular weight is 194 g/mol. The van der Waals surface area contributed by atoms with Gasteiger partial charge in [0, 0.05) is 11.8 Å². The van der Waals surface area contributed by atoms with Crippen molar-refractivity contribution in [3.05, 3.63) is 0 Å². The van der Waals surface area contributed by atoms with Crippen LogP contribution in [-0.2, 0) is 19.1 Å². The minimum atomic E-state index is -0.302. The van der Waals surface area contributed by atoms with Crippen molar-refractivity contribution in [2.75, 3.05) is 0 Å². The van der Waals surface area contributed by atoms with Crippen molar-refractivity contribution >= 4 is 11.9 Å². The summed E-state index contributed by atoms with van der Waals surface area (Å²) in [6.07, 6.45) is 2.56. The number of hydrogen-bond acceptors (Lipinski definition) is 4. The fraction of sp³-hybridized carbons (Fsp3) is 0.800. The van der Waals surface area contributed by atoms with E-state index in [1.165, 1.54) is 0 Å². The van der Waals surface area contributed by atoms with Crippen LogP contribution in [0.2, 0.25) is 0 Å². The Balaban J connectivity index is 1.83. The molecule has 0 aromatic rings. The topological polar surface area (TPSA) is 55.9 Å². The molecule has 4 nitrogen and oxygen atoms in total. The van der Waals surface area contributed by atoms with Crippen molar-refractivity contribution in [1.82, 2.24) is 0 Å². The predicted molar refractivity (Wildman–Crippen MR) is 43.0 cm³/mol. The summed E-state index contributed by atoms with van der Waals surface area (Å²) in [7, 11) is 0. The average Bonchev–Trinajstić information content (AvgIpc) is 2.92. The summed E-state index contributed by atoms with van der Waals surface area (Å²) >= 11 is 0. The fourth-order valence-corrected chi connectivity index (χ4v) is 3.72. The second-order valence-electron chi connectivity index (χ2n) is 4.76. The molecule has 74 valence electrons. The Bertz CT molecular complexity index is 318. The molecule has 2 aliphatic heterocycles. The van der Waals surface area contributed by atoms with E-state index in [9.17, 15) is 9.59 Å². The lowest BCUT2D eigenvalue weighted by Gasteiger charge is -2.38. The van der Waals surface area contributed by atoms with Crippen LogP contribution < -0.4 is 0 Å². The van der Waals surface area contributed by atoms with E-state index in [0.29, 0.717) is 0 Å². The first-order valence-corrected chi connectivity index (χ1v) is 5.18. The van der Waals surface area contributed by atoms with Crippen molar-refractivity contribution in [1.29, 1.82) is 0 Å². The third-order valence-corrected chi connectivity index (χ3v) is 4.29. The van der Waals surface area contributed by atoms with Crippen LogP contribution in [0.3, 0.4) is 0 Å². The van der Waals surface area contributed by atoms with Crippen molar-refractivity contribution in [2.45, 2.75) is 25.0 Å². The standard InChI is InChI=1S/C10H10O4/c11-9-5-3-1-2-4(8-7(3)13-8)6(5)10(12)14-9/h3-8H,1-2H2/t3-,4+,5-,6-,7-,8-/m1/s1. The quantitative estimate of drug-likeness (QED) is 0.312. The first-order valence-electron chi connectivity index (χ1n) is 5.18. The minimum absolute atomic E-state index is 0.176. The highest BCUT2D eigenvalue weighted by atomic mass is 16.6. The number of rotatable bonds is 0. The molecule has 0 aromatic carbocycles. The normalized spacial score (nSPS) is 58.0. The van der Waals surface area contributed by atoms with Gasteiger partial charge in [-0.1, -0.05) is 0 Å². The maximum atomic E-state index is 11.5. The fourth-order valence-electron chi connectivity index (χ4n) is 3.72. The van der Waals surface area contributed by atoms with Gasteiger partial charge in [-0.15, -0.1) is 0 Å². The van der Waals surface area contributed by atoms with Crippen LogP contribution in [0.1, 0.15) is 12.8 Å². The van der Waals surface area contributed by atoms with Gasteiger partial charge in [-0.2, -0.15) is 0 Å². The van der Waals surface area contributed by atoms with E-state index in [-0.39, 0.29) is 47.8 Å². The molecule has 0 unspecified atom stereocenters. The molecular formula is C10H10O4. The summed E-state index contributed by atoms with van der Waals surface area (Å²) in [4.78, 5) is 22.9. The highest BCUT2D eigenvalue weighted by Crippen LogP contribution is 2.60. The number of ether oxygens (including phenoxy) is 2. The molecule has 0 aromatic heterocycles. The second kappa shape index (κ2) is 2.03.